The number of sulfone groups is 1. The van der Waals surface area contributed by atoms with Crippen LogP contribution in [0.25, 0.3) is 11.0 Å². The van der Waals surface area contributed by atoms with Gasteiger partial charge in [-0.1, -0.05) is 0 Å². The van der Waals surface area contributed by atoms with E-state index in [0.717, 1.165) is 22.5 Å². The summed E-state index contributed by atoms with van der Waals surface area (Å²) in [6.45, 7) is 4.55. The number of rotatable bonds is 3. The van der Waals surface area contributed by atoms with Gasteiger partial charge in [-0.15, -0.1) is 0 Å². The van der Waals surface area contributed by atoms with E-state index in [1.54, 1.807) is 0 Å². The van der Waals surface area contributed by atoms with Crippen LogP contribution in [0.5, 0.6) is 0 Å². The van der Waals surface area contributed by atoms with Crippen LogP contribution in [-0.4, -0.2) is 41.4 Å². The summed E-state index contributed by atoms with van der Waals surface area (Å²) >= 11 is 0. The molecule has 0 radical (unpaired) electrons. The van der Waals surface area contributed by atoms with Crippen molar-refractivity contribution in [1.82, 2.24) is 15.0 Å². The average molecular weight is 306 g/mol. The first-order valence-electron chi connectivity index (χ1n) is 6.98. The highest BCUT2D eigenvalue weighted by atomic mass is 32.2. The van der Waals surface area contributed by atoms with Gasteiger partial charge in [-0.25, -0.2) is 23.4 Å². The molecule has 1 saturated heterocycles. The van der Waals surface area contributed by atoms with Gasteiger partial charge >= 0.3 is 0 Å². The topological polar surface area (TPSA) is 84.8 Å². The Balaban J connectivity index is 1.85. The number of nitrogens with zero attached hydrogens (tertiary/aromatic N) is 3. The summed E-state index contributed by atoms with van der Waals surface area (Å²) in [5.41, 5.74) is 2.66. The quantitative estimate of drug-likeness (QED) is 0.924. The fourth-order valence-electron chi connectivity index (χ4n) is 2.82. The second kappa shape index (κ2) is 5.22. The van der Waals surface area contributed by atoms with Crippen molar-refractivity contribution in [2.75, 3.05) is 23.4 Å². The van der Waals surface area contributed by atoms with E-state index in [9.17, 15) is 8.42 Å². The first-order chi connectivity index (χ1) is 9.94. The lowest BCUT2D eigenvalue weighted by Crippen LogP contribution is -2.16. The zero-order valence-corrected chi connectivity index (χ0v) is 12.9. The largest absolute Gasteiger partial charge is 0.369 e. The second-order valence-corrected chi connectivity index (χ2v) is 7.88. The minimum Gasteiger partial charge on any atom is -0.369 e. The van der Waals surface area contributed by atoms with Crippen molar-refractivity contribution in [3.8, 4) is 0 Å². The van der Waals surface area contributed by atoms with Gasteiger partial charge in [0.1, 0.15) is 12.1 Å². The molecule has 0 amide bonds. The van der Waals surface area contributed by atoms with Crippen molar-refractivity contribution < 1.29 is 8.42 Å². The lowest BCUT2D eigenvalue weighted by molar-refractivity contribution is 0.596. The van der Waals surface area contributed by atoms with Crippen LogP contribution in [0.4, 0.5) is 5.82 Å². The van der Waals surface area contributed by atoms with E-state index in [4.69, 9.17) is 0 Å². The normalized spacial score (nSPS) is 20.8. The van der Waals surface area contributed by atoms with Crippen LogP contribution < -0.4 is 5.32 Å². The number of pyridine rings is 1. The monoisotopic (exact) mass is 306 g/mol. The first-order valence-corrected chi connectivity index (χ1v) is 8.80. The molecule has 0 bridgehead atoms. The van der Waals surface area contributed by atoms with Gasteiger partial charge in [0, 0.05) is 12.2 Å². The van der Waals surface area contributed by atoms with E-state index >= 15 is 0 Å². The molecular weight excluding hydrogens is 288 g/mol. The standard InChI is InChI=1S/C14H18N4O2S/c1-9-5-10(2)18-14-12(9)13(16-8-17-14)15-6-11-3-4-21(19,20)7-11/h5,8,11H,3-4,6-7H2,1-2H3,(H,15,16,17,18). The Morgan fingerprint density at radius 3 is 2.86 bits per heavy atom. The molecule has 2 aromatic heterocycles. The zero-order valence-electron chi connectivity index (χ0n) is 12.1. The highest BCUT2D eigenvalue weighted by Crippen LogP contribution is 2.24. The van der Waals surface area contributed by atoms with Crippen molar-refractivity contribution in [2.45, 2.75) is 20.3 Å². The molecule has 1 unspecified atom stereocenters. The maximum absolute atomic E-state index is 11.5. The number of aromatic nitrogens is 3. The van der Waals surface area contributed by atoms with Crippen LogP contribution in [-0.2, 0) is 9.84 Å². The van der Waals surface area contributed by atoms with Crippen LogP contribution in [0.2, 0.25) is 0 Å². The summed E-state index contributed by atoms with van der Waals surface area (Å²) in [5, 5.41) is 4.18. The Morgan fingerprint density at radius 2 is 2.14 bits per heavy atom. The molecule has 0 aromatic carbocycles. The Labute approximate surface area is 123 Å². The maximum Gasteiger partial charge on any atom is 0.165 e. The molecule has 1 atom stereocenters. The Kier molecular flexibility index (Phi) is 3.52. The summed E-state index contributed by atoms with van der Waals surface area (Å²) in [6, 6.07) is 2.00. The molecule has 3 heterocycles. The molecule has 3 rings (SSSR count). The molecule has 112 valence electrons. The lowest BCUT2D eigenvalue weighted by Gasteiger charge is -2.13. The van der Waals surface area contributed by atoms with E-state index in [0.29, 0.717) is 24.4 Å². The Bertz CT molecular complexity index is 789. The van der Waals surface area contributed by atoms with Crippen LogP contribution in [0, 0.1) is 19.8 Å². The fraction of sp³-hybridized carbons (Fsp3) is 0.500. The molecule has 1 aliphatic rings. The third kappa shape index (κ3) is 2.97. The number of hydrogen-bond acceptors (Lipinski definition) is 6. The number of anilines is 1. The van der Waals surface area contributed by atoms with Crippen molar-refractivity contribution >= 4 is 26.7 Å². The van der Waals surface area contributed by atoms with E-state index < -0.39 is 9.84 Å². The molecule has 21 heavy (non-hydrogen) atoms. The van der Waals surface area contributed by atoms with Crippen LogP contribution in [0.3, 0.4) is 0 Å². The van der Waals surface area contributed by atoms with Crippen LogP contribution in [0.1, 0.15) is 17.7 Å². The molecule has 2 aromatic rings. The maximum atomic E-state index is 11.5. The minimum absolute atomic E-state index is 0.152. The van der Waals surface area contributed by atoms with Crippen molar-refractivity contribution in [2.24, 2.45) is 5.92 Å². The Hall–Kier alpha value is -1.76. The minimum atomic E-state index is -2.84. The van der Waals surface area contributed by atoms with Gasteiger partial charge in [-0.3, -0.25) is 0 Å². The number of hydrogen-bond donors (Lipinski definition) is 1. The first kappa shape index (κ1) is 14.2. The SMILES string of the molecule is Cc1cc(C)c2c(NCC3CCS(=O)(=O)C3)ncnc2n1. The summed E-state index contributed by atoms with van der Waals surface area (Å²) < 4.78 is 23.0. The van der Waals surface area contributed by atoms with Gasteiger partial charge in [0.15, 0.2) is 15.5 Å². The van der Waals surface area contributed by atoms with E-state index in [1.807, 2.05) is 19.9 Å². The van der Waals surface area contributed by atoms with Crippen LogP contribution in [0.15, 0.2) is 12.4 Å². The van der Waals surface area contributed by atoms with E-state index in [1.165, 1.54) is 6.33 Å². The van der Waals surface area contributed by atoms with E-state index in [2.05, 4.69) is 20.3 Å². The van der Waals surface area contributed by atoms with Gasteiger partial charge in [0.25, 0.3) is 0 Å². The Morgan fingerprint density at radius 1 is 1.33 bits per heavy atom. The number of aryl methyl sites for hydroxylation is 2. The highest BCUT2D eigenvalue weighted by Gasteiger charge is 2.27. The van der Waals surface area contributed by atoms with Crippen molar-refractivity contribution in [3.63, 3.8) is 0 Å². The molecule has 1 fully saturated rings. The molecule has 0 saturated carbocycles. The molecule has 1 aliphatic heterocycles. The predicted octanol–water partition coefficient (Wildman–Crippen LogP) is 1.49. The van der Waals surface area contributed by atoms with Crippen molar-refractivity contribution in [3.05, 3.63) is 23.7 Å². The summed E-state index contributed by atoms with van der Waals surface area (Å²) in [7, 11) is -2.84. The van der Waals surface area contributed by atoms with Gasteiger partial charge < -0.3 is 5.32 Å². The molecule has 6 nitrogen and oxygen atoms in total. The fourth-order valence-corrected chi connectivity index (χ4v) is 4.68. The number of nitrogens with one attached hydrogen (secondary N) is 1. The number of fused-ring (bicyclic) bond motifs is 1. The van der Waals surface area contributed by atoms with Crippen LogP contribution >= 0.6 is 0 Å². The smallest absolute Gasteiger partial charge is 0.165 e. The molecule has 0 aliphatic carbocycles. The molecule has 0 spiro atoms. The van der Waals surface area contributed by atoms with Gasteiger partial charge in [-0.2, -0.15) is 0 Å². The predicted molar refractivity (Wildman–Crippen MR) is 82.1 cm³/mol. The van der Waals surface area contributed by atoms with Gasteiger partial charge in [0.05, 0.1) is 16.9 Å². The zero-order chi connectivity index (χ0) is 15.0. The third-order valence-electron chi connectivity index (χ3n) is 3.81. The summed E-state index contributed by atoms with van der Waals surface area (Å²) in [6.07, 6.45) is 2.20. The molecule has 7 heteroatoms. The van der Waals surface area contributed by atoms with Gasteiger partial charge in [0.2, 0.25) is 0 Å². The third-order valence-corrected chi connectivity index (χ3v) is 5.65. The summed E-state index contributed by atoms with van der Waals surface area (Å²) in [5.74, 6) is 1.44. The van der Waals surface area contributed by atoms with Crippen molar-refractivity contribution in [1.29, 1.82) is 0 Å². The average Bonchev–Trinajstić information content (AvgIpc) is 2.75. The van der Waals surface area contributed by atoms with E-state index in [-0.39, 0.29) is 11.7 Å². The second-order valence-electron chi connectivity index (χ2n) is 5.65. The molecule has 1 N–H and O–H groups in total. The highest BCUT2D eigenvalue weighted by molar-refractivity contribution is 7.91. The lowest BCUT2D eigenvalue weighted by atomic mass is 10.1. The summed E-state index contributed by atoms with van der Waals surface area (Å²) in [4.78, 5) is 12.9. The van der Waals surface area contributed by atoms with Gasteiger partial charge in [-0.05, 0) is 37.8 Å². The molecular formula is C14H18N4O2S.